The van der Waals surface area contributed by atoms with Gasteiger partial charge in [0.15, 0.2) is 6.21 Å². The number of carbonyl (C=O) groups is 1. The molecule has 0 radical (unpaired) electrons. The van der Waals surface area contributed by atoms with Crippen LogP contribution in [0.5, 0.6) is 0 Å². The third-order valence-electron chi connectivity index (χ3n) is 1.27. The molecule has 0 aromatic rings. The number of alkyl carbamates (subject to hydrolysis) is 1. The summed E-state index contributed by atoms with van der Waals surface area (Å²) >= 11 is 5.67. The minimum absolute atomic E-state index is 0.178. The first-order chi connectivity index (χ1) is 7.26. The molecular weight excluding hydrogens is 230 g/mol. The molecule has 0 rings (SSSR count). The second-order valence-corrected chi connectivity index (χ2v) is 4.40. The Balaban J connectivity index is 4.54. The second kappa shape index (κ2) is 6.17. The summed E-state index contributed by atoms with van der Waals surface area (Å²) in [6, 6.07) is 0. The van der Waals surface area contributed by atoms with Crippen molar-refractivity contribution in [2.24, 2.45) is 5.84 Å². The molecule has 0 saturated heterocycles. The molecule has 0 fully saturated rings. The van der Waals surface area contributed by atoms with Gasteiger partial charge in [0.05, 0.1) is 10.7 Å². The van der Waals surface area contributed by atoms with Crippen molar-refractivity contribution in [2.75, 3.05) is 0 Å². The van der Waals surface area contributed by atoms with Crippen molar-refractivity contribution < 1.29 is 14.6 Å². The molecule has 6 heteroatoms. The number of nitrogens with two attached hydrogens (primary N) is 1. The lowest BCUT2D eigenvalue weighted by molar-refractivity contribution is -0.463. The lowest BCUT2D eigenvalue weighted by atomic mass is 10.2. The summed E-state index contributed by atoms with van der Waals surface area (Å²) in [5, 5.41) is 4.91. The van der Waals surface area contributed by atoms with E-state index in [1.165, 1.54) is 12.3 Å². The number of carbonyl (C=O) groups excluding carboxylic acids is 1. The quantitative estimate of drug-likeness (QED) is 0.288. The predicted octanol–water partition coefficient (Wildman–Crippen LogP) is 0.173. The maximum absolute atomic E-state index is 11.4. The van der Waals surface area contributed by atoms with Crippen LogP contribution in [0.3, 0.4) is 0 Å². The van der Waals surface area contributed by atoms with Gasteiger partial charge in [0, 0.05) is 6.08 Å². The van der Waals surface area contributed by atoms with E-state index in [4.69, 9.17) is 22.2 Å². The summed E-state index contributed by atoms with van der Waals surface area (Å²) in [7, 11) is 0. The largest absolute Gasteiger partial charge is 0.444 e. The lowest BCUT2D eigenvalue weighted by Gasteiger charge is -2.20. The summed E-state index contributed by atoms with van der Waals surface area (Å²) in [5.74, 6) is 5.04. The van der Waals surface area contributed by atoms with Crippen molar-refractivity contribution in [1.82, 2.24) is 5.32 Å². The standard InChI is InChI=1S/C10H16ClN3O2/c1-7(11)8(5-6-13-12)14-9(15)16-10(2,3)4/h5-6H,1,12H2,2-4H3,(H,14,15)/p+1/b8-5+,13-6?. The molecule has 0 saturated carbocycles. The number of allylic oxidation sites excluding steroid dienone is 2. The third kappa shape index (κ3) is 6.89. The first kappa shape index (κ1) is 14.5. The molecule has 0 aliphatic heterocycles. The highest BCUT2D eigenvalue weighted by Crippen LogP contribution is 2.11. The van der Waals surface area contributed by atoms with Crippen LogP contribution >= 0.6 is 11.6 Å². The third-order valence-corrected chi connectivity index (χ3v) is 1.48. The molecule has 90 valence electrons. The highest BCUT2D eigenvalue weighted by Gasteiger charge is 2.17. The van der Waals surface area contributed by atoms with Crippen LogP contribution in [0.1, 0.15) is 20.8 Å². The van der Waals surface area contributed by atoms with Gasteiger partial charge >= 0.3 is 6.09 Å². The molecule has 5 nitrogen and oxygen atoms in total. The van der Waals surface area contributed by atoms with Crippen LogP contribution in [-0.2, 0) is 4.74 Å². The van der Waals surface area contributed by atoms with Crippen molar-refractivity contribution in [2.45, 2.75) is 26.4 Å². The number of hydrazine groups is 1. The zero-order chi connectivity index (χ0) is 12.8. The molecule has 0 aliphatic rings. The average Bonchev–Trinajstić information content (AvgIpc) is 2.08. The number of rotatable bonds is 3. The normalized spacial score (nSPS) is 12.6. The second-order valence-electron chi connectivity index (χ2n) is 3.95. The van der Waals surface area contributed by atoms with Gasteiger partial charge in [-0.05, 0) is 20.8 Å². The van der Waals surface area contributed by atoms with E-state index in [0.717, 1.165) is 0 Å². The molecule has 1 amide bonds. The Kier molecular flexibility index (Phi) is 5.60. The van der Waals surface area contributed by atoms with Crippen LogP contribution in [0, 0.1) is 0 Å². The molecule has 4 N–H and O–H groups in total. The topological polar surface area (TPSA) is 78.3 Å². The summed E-state index contributed by atoms with van der Waals surface area (Å²) in [5.41, 5.74) is -0.257. The van der Waals surface area contributed by atoms with Gasteiger partial charge in [-0.1, -0.05) is 18.2 Å². The average molecular weight is 247 g/mol. The molecule has 0 atom stereocenters. The fraction of sp³-hybridized carbons (Fsp3) is 0.400. The molecule has 0 heterocycles. The minimum atomic E-state index is -0.606. The Morgan fingerprint density at radius 3 is 2.50 bits per heavy atom. The molecule has 16 heavy (non-hydrogen) atoms. The zero-order valence-corrected chi connectivity index (χ0v) is 10.4. The molecule has 0 unspecified atom stereocenters. The van der Waals surface area contributed by atoms with Gasteiger partial charge in [0.2, 0.25) is 0 Å². The van der Waals surface area contributed by atoms with Gasteiger partial charge in [-0.3, -0.25) is 5.32 Å². The highest BCUT2D eigenvalue weighted by atomic mass is 35.5. The molecule has 0 aromatic heterocycles. The van der Waals surface area contributed by atoms with E-state index in [1.807, 2.05) is 0 Å². The predicted molar refractivity (Wildman–Crippen MR) is 63.7 cm³/mol. The van der Waals surface area contributed by atoms with Crippen molar-refractivity contribution >= 4 is 23.9 Å². The Morgan fingerprint density at radius 1 is 1.56 bits per heavy atom. The van der Waals surface area contributed by atoms with Crippen molar-refractivity contribution in [3.63, 3.8) is 0 Å². The summed E-state index contributed by atoms with van der Waals surface area (Å²) < 4.78 is 5.04. The van der Waals surface area contributed by atoms with E-state index in [9.17, 15) is 4.79 Å². The van der Waals surface area contributed by atoms with E-state index >= 15 is 0 Å². The number of ether oxygens (including phenoxy) is 1. The van der Waals surface area contributed by atoms with Crippen LogP contribution in [0.4, 0.5) is 4.79 Å². The maximum atomic E-state index is 11.4. The molecule has 0 aliphatic carbocycles. The highest BCUT2D eigenvalue weighted by molar-refractivity contribution is 6.31. The van der Waals surface area contributed by atoms with Crippen molar-refractivity contribution in [3.8, 4) is 0 Å². The van der Waals surface area contributed by atoms with Crippen LogP contribution < -0.4 is 16.3 Å². The van der Waals surface area contributed by atoms with Crippen molar-refractivity contribution in [1.29, 1.82) is 0 Å². The Morgan fingerprint density at radius 2 is 2.12 bits per heavy atom. The van der Waals surface area contributed by atoms with Crippen molar-refractivity contribution in [3.05, 3.63) is 23.4 Å². The number of hydrogen-bond donors (Lipinski definition) is 3. The SMILES string of the molecule is C=C(Cl)/C(=C\C=[NH+]N)NC(=O)OC(C)(C)C. The lowest BCUT2D eigenvalue weighted by Crippen LogP contribution is -2.76. The van der Waals surface area contributed by atoms with Gasteiger partial charge < -0.3 is 4.74 Å². The van der Waals surface area contributed by atoms with Crippen LogP contribution in [0.15, 0.2) is 23.4 Å². The summed E-state index contributed by atoms with van der Waals surface area (Å²) in [6.07, 6.45) is 2.27. The Bertz CT molecular complexity index is 329. The fourth-order valence-corrected chi connectivity index (χ4v) is 0.855. The minimum Gasteiger partial charge on any atom is -0.444 e. The molecule has 0 bridgehead atoms. The number of nitrogens with one attached hydrogen (secondary N) is 2. The van der Waals surface area contributed by atoms with Gasteiger partial charge in [-0.15, -0.1) is 5.10 Å². The number of hydrogen-bond acceptors (Lipinski definition) is 3. The number of halogens is 1. The smallest absolute Gasteiger partial charge is 0.412 e. The van der Waals surface area contributed by atoms with E-state index in [-0.39, 0.29) is 5.03 Å². The van der Waals surface area contributed by atoms with Gasteiger partial charge in [0.1, 0.15) is 5.60 Å². The number of amides is 1. The van der Waals surface area contributed by atoms with Crippen LogP contribution in [0.25, 0.3) is 0 Å². The summed E-state index contributed by atoms with van der Waals surface area (Å²) in [6.45, 7) is 8.79. The summed E-state index contributed by atoms with van der Waals surface area (Å²) in [4.78, 5) is 11.4. The first-order valence-electron chi connectivity index (χ1n) is 4.60. The molecule has 0 spiro atoms. The molecule has 0 aromatic carbocycles. The Labute approximate surface area is 100.0 Å². The van der Waals surface area contributed by atoms with E-state index in [1.54, 1.807) is 20.8 Å². The number of hydrazone groups is 1. The fourth-order valence-electron chi connectivity index (χ4n) is 0.745. The van der Waals surface area contributed by atoms with E-state index < -0.39 is 11.7 Å². The van der Waals surface area contributed by atoms with Crippen LogP contribution in [0.2, 0.25) is 0 Å². The first-order valence-corrected chi connectivity index (χ1v) is 4.98. The van der Waals surface area contributed by atoms with Crippen LogP contribution in [-0.4, -0.2) is 17.9 Å². The zero-order valence-electron chi connectivity index (χ0n) is 9.63. The Hall–Kier alpha value is -1.49. The monoisotopic (exact) mass is 246 g/mol. The van der Waals surface area contributed by atoms with Gasteiger partial charge in [-0.2, -0.15) is 0 Å². The van der Waals surface area contributed by atoms with Gasteiger partial charge in [-0.25, -0.2) is 10.6 Å². The van der Waals surface area contributed by atoms with Gasteiger partial charge in [0.25, 0.3) is 0 Å². The maximum Gasteiger partial charge on any atom is 0.412 e. The van der Waals surface area contributed by atoms with E-state index in [0.29, 0.717) is 5.70 Å². The molecular formula is C10H17ClN3O2+. The van der Waals surface area contributed by atoms with E-state index in [2.05, 4.69) is 17.0 Å².